The van der Waals surface area contributed by atoms with E-state index in [4.69, 9.17) is 0 Å². The Hall–Kier alpha value is -0.680. The number of hydrogen-bond donors (Lipinski definition) is 1. The summed E-state index contributed by atoms with van der Waals surface area (Å²) in [7, 11) is 0. The lowest BCUT2D eigenvalue weighted by molar-refractivity contribution is 0.383. The Bertz CT molecular complexity index is 453. The highest BCUT2D eigenvalue weighted by Gasteiger charge is 2.27. The molecule has 1 N–H and O–H groups in total. The van der Waals surface area contributed by atoms with Crippen LogP contribution in [0.25, 0.3) is 0 Å². The molecule has 1 fully saturated rings. The van der Waals surface area contributed by atoms with Crippen molar-refractivity contribution in [3.8, 4) is 0 Å². The number of rotatable bonds is 3. The van der Waals surface area contributed by atoms with Crippen LogP contribution in [0.4, 0.5) is 14.5 Å². The predicted molar refractivity (Wildman–Crippen MR) is 77.6 cm³/mol. The minimum absolute atomic E-state index is 0.194. The zero-order valence-electron chi connectivity index (χ0n) is 11.2. The molecule has 0 spiro atoms. The van der Waals surface area contributed by atoms with E-state index in [1.54, 1.807) is 0 Å². The van der Waals surface area contributed by atoms with Crippen LogP contribution in [0.3, 0.4) is 0 Å². The van der Waals surface area contributed by atoms with E-state index in [1.165, 1.54) is 6.07 Å². The first-order valence-corrected chi connectivity index (χ1v) is 7.46. The third-order valence-electron chi connectivity index (χ3n) is 3.59. The van der Waals surface area contributed by atoms with Crippen LogP contribution >= 0.6 is 15.9 Å². The van der Waals surface area contributed by atoms with Gasteiger partial charge in [0.1, 0.15) is 11.6 Å². The highest BCUT2D eigenvalue weighted by Crippen LogP contribution is 2.29. The average Bonchev–Trinajstić information content (AvgIpc) is 2.37. The fraction of sp³-hybridized carbons (Fsp3) is 0.571. The number of benzene rings is 1. The van der Waals surface area contributed by atoms with E-state index in [1.807, 2.05) is 11.8 Å². The maximum Gasteiger partial charge on any atom is 0.149 e. The van der Waals surface area contributed by atoms with Gasteiger partial charge in [0.25, 0.3) is 0 Å². The van der Waals surface area contributed by atoms with Gasteiger partial charge in [-0.1, -0.05) is 13.3 Å². The Kier molecular flexibility index (Phi) is 4.79. The van der Waals surface area contributed by atoms with Crippen LogP contribution in [-0.2, 0) is 0 Å². The molecule has 1 saturated heterocycles. The molecule has 106 valence electrons. The van der Waals surface area contributed by atoms with E-state index in [9.17, 15) is 8.78 Å². The first-order chi connectivity index (χ1) is 9.02. The Balaban J connectivity index is 2.25. The summed E-state index contributed by atoms with van der Waals surface area (Å²) < 4.78 is 27.6. The summed E-state index contributed by atoms with van der Waals surface area (Å²) in [6.07, 6.45) is 2.16. The number of halogens is 3. The molecule has 0 saturated carbocycles. The zero-order valence-corrected chi connectivity index (χ0v) is 12.8. The van der Waals surface area contributed by atoms with Gasteiger partial charge < -0.3 is 10.2 Å². The van der Waals surface area contributed by atoms with E-state index in [2.05, 4.69) is 28.2 Å². The van der Waals surface area contributed by atoms with Gasteiger partial charge in [-0.15, -0.1) is 0 Å². The predicted octanol–water partition coefficient (Wildman–Crippen LogP) is 3.69. The molecule has 1 aromatic carbocycles. The monoisotopic (exact) mass is 332 g/mol. The van der Waals surface area contributed by atoms with Crippen LogP contribution in [0.2, 0.25) is 0 Å². The van der Waals surface area contributed by atoms with Gasteiger partial charge in [-0.3, -0.25) is 0 Å². The Morgan fingerprint density at radius 3 is 2.79 bits per heavy atom. The van der Waals surface area contributed by atoms with Crippen molar-refractivity contribution in [3.63, 3.8) is 0 Å². The fourth-order valence-electron chi connectivity index (χ4n) is 2.54. The second-order valence-electron chi connectivity index (χ2n) is 5.11. The van der Waals surface area contributed by atoms with E-state index < -0.39 is 11.6 Å². The van der Waals surface area contributed by atoms with Gasteiger partial charge in [0.2, 0.25) is 0 Å². The molecule has 2 rings (SSSR count). The lowest BCUT2D eigenvalue weighted by atomic mass is 10.0. The molecule has 0 aromatic heterocycles. The number of nitrogens with one attached hydrogen (secondary N) is 1. The van der Waals surface area contributed by atoms with Crippen LogP contribution in [-0.4, -0.2) is 25.2 Å². The maximum atomic E-state index is 14.0. The Morgan fingerprint density at radius 2 is 2.11 bits per heavy atom. The lowest BCUT2D eigenvalue weighted by Crippen LogP contribution is -2.55. The van der Waals surface area contributed by atoms with Gasteiger partial charge in [0.05, 0.1) is 10.2 Å². The summed E-state index contributed by atoms with van der Waals surface area (Å²) in [4.78, 5) is 2.02. The van der Waals surface area contributed by atoms with E-state index >= 15 is 0 Å². The molecular formula is C14H19BrF2N2. The molecule has 1 aromatic rings. The zero-order chi connectivity index (χ0) is 14.0. The fourth-order valence-corrected chi connectivity index (χ4v) is 2.87. The summed E-state index contributed by atoms with van der Waals surface area (Å²) in [6, 6.07) is 3.04. The van der Waals surface area contributed by atoms with Crippen molar-refractivity contribution in [2.45, 2.75) is 38.8 Å². The molecule has 1 aliphatic heterocycles. The molecule has 1 heterocycles. The Labute approximate surface area is 121 Å². The van der Waals surface area contributed by atoms with Gasteiger partial charge in [-0.2, -0.15) is 0 Å². The second-order valence-corrected chi connectivity index (χ2v) is 5.97. The lowest BCUT2D eigenvalue weighted by Gasteiger charge is -2.40. The van der Waals surface area contributed by atoms with Crippen LogP contribution < -0.4 is 10.2 Å². The molecule has 2 unspecified atom stereocenters. The van der Waals surface area contributed by atoms with Crippen molar-refractivity contribution in [2.24, 2.45) is 0 Å². The normalized spacial score (nSPS) is 23.7. The third-order valence-corrected chi connectivity index (χ3v) is 4.20. The van der Waals surface area contributed by atoms with Crippen molar-refractivity contribution in [1.82, 2.24) is 5.32 Å². The van der Waals surface area contributed by atoms with Crippen molar-refractivity contribution in [2.75, 3.05) is 18.0 Å². The van der Waals surface area contributed by atoms with Crippen molar-refractivity contribution in [3.05, 3.63) is 28.2 Å². The topological polar surface area (TPSA) is 15.3 Å². The van der Waals surface area contributed by atoms with Crippen LogP contribution in [0.1, 0.15) is 26.7 Å². The standard InChI is InChI=1S/C14H19BrF2N2/c1-3-4-10-8-19(9(2)7-18-10)14-5-11(15)12(16)6-13(14)17/h5-6,9-10,18H,3-4,7-8H2,1-2H3. The molecule has 19 heavy (non-hydrogen) atoms. The highest BCUT2D eigenvalue weighted by molar-refractivity contribution is 9.10. The Morgan fingerprint density at radius 1 is 1.37 bits per heavy atom. The van der Waals surface area contributed by atoms with Crippen LogP contribution in [0.15, 0.2) is 16.6 Å². The van der Waals surface area contributed by atoms with Gasteiger partial charge in [-0.05, 0) is 35.3 Å². The third kappa shape index (κ3) is 3.26. The van der Waals surface area contributed by atoms with Crippen molar-refractivity contribution < 1.29 is 8.78 Å². The average molecular weight is 333 g/mol. The number of anilines is 1. The number of piperazine rings is 1. The van der Waals surface area contributed by atoms with E-state index in [-0.39, 0.29) is 6.04 Å². The smallest absolute Gasteiger partial charge is 0.149 e. The van der Waals surface area contributed by atoms with Gasteiger partial charge in [-0.25, -0.2) is 8.78 Å². The first kappa shape index (κ1) is 14.7. The number of nitrogens with zero attached hydrogens (tertiary/aromatic N) is 1. The SMILES string of the molecule is CCCC1CN(c2cc(Br)c(F)cc2F)C(C)CN1. The number of hydrogen-bond acceptors (Lipinski definition) is 2. The van der Waals surface area contributed by atoms with Gasteiger partial charge in [0.15, 0.2) is 0 Å². The molecule has 0 amide bonds. The van der Waals surface area contributed by atoms with Crippen molar-refractivity contribution >= 4 is 21.6 Å². The quantitative estimate of drug-likeness (QED) is 0.849. The molecule has 2 nitrogen and oxygen atoms in total. The summed E-state index contributed by atoms with van der Waals surface area (Å²) in [5.41, 5.74) is 0.475. The first-order valence-electron chi connectivity index (χ1n) is 6.67. The summed E-state index contributed by atoms with van der Waals surface area (Å²) in [6.45, 7) is 5.76. The van der Waals surface area contributed by atoms with E-state index in [0.29, 0.717) is 16.2 Å². The van der Waals surface area contributed by atoms with Crippen LogP contribution in [0.5, 0.6) is 0 Å². The second kappa shape index (κ2) is 6.18. The molecule has 2 atom stereocenters. The molecule has 5 heteroatoms. The molecule has 0 aliphatic carbocycles. The van der Waals surface area contributed by atoms with Crippen LogP contribution in [0, 0.1) is 11.6 Å². The van der Waals surface area contributed by atoms with Gasteiger partial charge >= 0.3 is 0 Å². The highest BCUT2D eigenvalue weighted by atomic mass is 79.9. The maximum absolute atomic E-state index is 14.0. The summed E-state index contributed by atoms with van der Waals surface area (Å²) >= 11 is 3.13. The molecule has 0 radical (unpaired) electrons. The minimum Gasteiger partial charge on any atom is -0.364 e. The summed E-state index contributed by atoms with van der Waals surface area (Å²) in [5.74, 6) is -1.06. The molecular weight excluding hydrogens is 314 g/mol. The van der Waals surface area contributed by atoms with E-state index in [0.717, 1.165) is 32.0 Å². The van der Waals surface area contributed by atoms with Gasteiger partial charge in [0, 0.05) is 31.2 Å². The molecule has 0 bridgehead atoms. The summed E-state index contributed by atoms with van der Waals surface area (Å²) in [5, 5.41) is 3.47. The minimum atomic E-state index is -0.561. The van der Waals surface area contributed by atoms with Crippen molar-refractivity contribution in [1.29, 1.82) is 0 Å². The molecule has 1 aliphatic rings. The largest absolute Gasteiger partial charge is 0.364 e.